The zero-order chi connectivity index (χ0) is 33.4. The lowest BCUT2D eigenvalue weighted by Crippen LogP contribution is -2.40. The van der Waals surface area contributed by atoms with Crippen LogP contribution >= 0.6 is 0 Å². The predicted molar refractivity (Wildman–Crippen MR) is 167 cm³/mol. The summed E-state index contributed by atoms with van der Waals surface area (Å²) in [4.78, 5) is 57.8. The van der Waals surface area contributed by atoms with Crippen molar-refractivity contribution in [1.82, 2.24) is 15.3 Å². The lowest BCUT2D eigenvalue weighted by atomic mass is 10.1. The number of halogens is 3. The summed E-state index contributed by atoms with van der Waals surface area (Å²) >= 11 is 0. The molecule has 3 aromatic carbocycles. The number of carbonyl (C=O) groups excluding carboxylic acids is 4. The SMILES string of the molecule is C=CC(=O)NC(C)C(=O)Nc1cccc(Nc2ncc(NC(=O)c3cc(NC(=O)c4cccc(C(F)(F)F)c4)ccc3C)cn2)c1. The maximum atomic E-state index is 13.0. The van der Waals surface area contributed by atoms with E-state index in [0.717, 1.165) is 24.3 Å². The third-order valence-electron chi connectivity index (χ3n) is 6.43. The molecule has 14 heteroatoms. The van der Waals surface area contributed by atoms with Gasteiger partial charge in [0.15, 0.2) is 0 Å². The Balaban J connectivity index is 1.38. The largest absolute Gasteiger partial charge is 0.416 e. The van der Waals surface area contributed by atoms with E-state index in [9.17, 15) is 32.3 Å². The first-order valence-electron chi connectivity index (χ1n) is 13.7. The van der Waals surface area contributed by atoms with Crippen LogP contribution in [0.15, 0.2) is 91.8 Å². The number of rotatable bonds is 10. The fraction of sp³-hybridized carbons (Fsp3) is 0.125. The maximum absolute atomic E-state index is 13.0. The number of amides is 4. The average Bonchev–Trinajstić information content (AvgIpc) is 3.02. The Kier molecular flexibility index (Phi) is 10.1. The van der Waals surface area contributed by atoms with Gasteiger partial charge in [-0.15, -0.1) is 0 Å². The molecule has 0 aliphatic rings. The standard InChI is InChI=1S/C32H28F3N7O4/c1-4-27(43)38-19(3)28(44)39-22-9-6-10-23(14-22)42-31-36-16-25(17-37-31)41-30(46)26-15-24(12-11-18(26)2)40-29(45)20-7-5-8-21(13-20)32(33,34)35/h4-17,19H,1H2,2-3H3,(H,38,43)(H,39,44)(H,40,45)(H,41,46)(H,36,37,42). The van der Waals surface area contributed by atoms with Gasteiger partial charge in [0.1, 0.15) is 6.04 Å². The minimum atomic E-state index is -4.60. The first kappa shape index (κ1) is 32.9. The second-order valence-corrected chi connectivity index (χ2v) is 9.94. The van der Waals surface area contributed by atoms with Crippen molar-refractivity contribution in [3.05, 3.63) is 114 Å². The summed E-state index contributed by atoms with van der Waals surface area (Å²) < 4.78 is 39.1. The Hall–Kier alpha value is -6.05. The highest BCUT2D eigenvalue weighted by molar-refractivity contribution is 6.08. The van der Waals surface area contributed by atoms with E-state index in [-0.39, 0.29) is 28.5 Å². The zero-order valence-corrected chi connectivity index (χ0v) is 24.5. The molecule has 0 spiro atoms. The van der Waals surface area contributed by atoms with Crippen molar-refractivity contribution >= 4 is 52.3 Å². The normalized spacial score (nSPS) is 11.5. The zero-order valence-electron chi connectivity index (χ0n) is 24.5. The van der Waals surface area contributed by atoms with E-state index < -0.39 is 41.4 Å². The molecule has 11 nitrogen and oxygen atoms in total. The van der Waals surface area contributed by atoms with Crippen LogP contribution in [-0.4, -0.2) is 39.6 Å². The van der Waals surface area contributed by atoms with Crippen LogP contribution in [0.4, 0.5) is 41.9 Å². The number of hydrogen-bond donors (Lipinski definition) is 5. The van der Waals surface area contributed by atoms with Crippen LogP contribution in [0, 0.1) is 6.92 Å². The highest BCUT2D eigenvalue weighted by Crippen LogP contribution is 2.30. The summed E-state index contributed by atoms with van der Waals surface area (Å²) in [5.41, 5.74) is 1.15. The highest BCUT2D eigenvalue weighted by Gasteiger charge is 2.31. The molecule has 0 saturated carbocycles. The van der Waals surface area contributed by atoms with Crippen LogP contribution in [0.3, 0.4) is 0 Å². The number of hydrogen-bond acceptors (Lipinski definition) is 7. The Labute approximate surface area is 261 Å². The van der Waals surface area contributed by atoms with Crippen LogP contribution in [0.1, 0.15) is 38.8 Å². The van der Waals surface area contributed by atoms with E-state index in [2.05, 4.69) is 43.1 Å². The van der Waals surface area contributed by atoms with Gasteiger partial charge in [0, 0.05) is 28.2 Å². The van der Waals surface area contributed by atoms with Crippen molar-refractivity contribution in [2.24, 2.45) is 0 Å². The molecule has 0 bridgehead atoms. The van der Waals surface area contributed by atoms with E-state index in [1.165, 1.54) is 37.5 Å². The fourth-order valence-electron chi connectivity index (χ4n) is 4.03. The monoisotopic (exact) mass is 631 g/mol. The van der Waals surface area contributed by atoms with Gasteiger partial charge in [-0.1, -0.05) is 24.8 Å². The van der Waals surface area contributed by atoms with Gasteiger partial charge in [0.05, 0.1) is 23.6 Å². The lowest BCUT2D eigenvalue weighted by molar-refractivity contribution is -0.137. The third kappa shape index (κ3) is 8.75. The number of nitrogens with zero attached hydrogens (tertiary/aromatic N) is 2. The lowest BCUT2D eigenvalue weighted by Gasteiger charge is -2.14. The number of nitrogens with one attached hydrogen (secondary N) is 5. The van der Waals surface area contributed by atoms with Gasteiger partial charge >= 0.3 is 6.18 Å². The van der Waals surface area contributed by atoms with Crippen LogP contribution in [0.25, 0.3) is 0 Å². The molecule has 1 unspecified atom stereocenters. The van der Waals surface area contributed by atoms with Gasteiger partial charge in [-0.05, 0) is 74.0 Å². The second-order valence-electron chi connectivity index (χ2n) is 9.94. The molecule has 46 heavy (non-hydrogen) atoms. The minimum Gasteiger partial charge on any atom is -0.341 e. The quantitative estimate of drug-likeness (QED) is 0.141. The average molecular weight is 632 g/mol. The van der Waals surface area contributed by atoms with Gasteiger partial charge < -0.3 is 26.6 Å². The van der Waals surface area contributed by atoms with E-state index in [0.29, 0.717) is 16.9 Å². The molecule has 0 aliphatic heterocycles. The molecule has 4 aromatic rings. The maximum Gasteiger partial charge on any atom is 0.416 e. The summed E-state index contributed by atoms with van der Waals surface area (Å²) in [5.74, 6) is -2.00. The van der Waals surface area contributed by atoms with Crippen molar-refractivity contribution in [2.45, 2.75) is 26.1 Å². The summed E-state index contributed by atoms with van der Waals surface area (Å²) in [6, 6.07) is 14.5. The number of aromatic nitrogens is 2. The summed E-state index contributed by atoms with van der Waals surface area (Å²) in [6.45, 7) is 6.57. The molecule has 0 aliphatic carbocycles. The van der Waals surface area contributed by atoms with Crippen LogP contribution in [0.5, 0.6) is 0 Å². The molecule has 0 saturated heterocycles. The van der Waals surface area contributed by atoms with Crippen LogP contribution in [-0.2, 0) is 15.8 Å². The van der Waals surface area contributed by atoms with E-state index in [1.54, 1.807) is 37.3 Å². The number of benzene rings is 3. The number of anilines is 5. The van der Waals surface area contributed by atoms with E-state index in [4.69, 9.17) is 0 Å². The summed E-state index contributed by atoms with van der Waals surface area (Å²) in [5, 5.41) is 13.4. The molecular weight excluding hydrogens is 603 g/mol. The summed E-state index contributed by atoms with van der Waals surface area (Å²) in [7, 11) is 0. The Morgan fingerprint density at radius 3 is 2.15 bits per heavy atom. The molecule has 1 heterocycles. The molecule has 4 rings (SSSR count). The molecule has 1 aromatic heterocycles. The van der Waals surface area contributed by atoms with Gasteiger partial charge in [-0.25, -0.2) is 9.97 Å². The Morgan fingerprint density at radius 1 is 0.804 bits per heavy atom. The second kappa shape index (κ2) is 14.2. The number of carbonyl (C=O) groups is 4. The molecule has 236 valence electrons. The first-order chi connectivity index (χ1) is 21.8. The first-order valence-corrected chi connectivity index (χ1v) is 13.7. The minimum absolute atomic E-state index is 0.187. The van der Waals surface area contributed by atoms with Gasteiger partial charge in [0.2, 0.25) is 17.8 Å². The molecule has 0 fully saturated rings. The van der Waals surface area contributed by atoms with Gasteiger partial charge in [-0.2, -0.15) is 13.2 Å². The van der Waals surface area contributed by atoms with Gasteiger partial charge in [-0.3, -0.25) is 19.2 Å². The fourth-order valence-corrected chi connectivity index (χ4v) is 4.03. The number of aryl methyl sites for hydroxylation is 1. The van der Waals surface area contributed by atoms with E-state index in [1.807, 2.05) is 0 Å². The topological polar surface area (TPSA) is 154 Å². The molecule has 0 radical (unpaired) electrons. The summed E-state index contributed by atoms with van der Waals surface area (Å²) in [6.07, 6.45) is -0.782. The molecule has 4 amide bonds. The third-order valence-corrected chi connectivity index (χ3v) is 6.43. The molecule has 5 N–H and O–H groups in total. The predicted octanol–water partition coefficient (Wildman–Crippen LogP) is 5.68. The van der Waals surface area contributed by atoms with Crippen LogP contribution < -0.4 is 26.6 Å². The molecule has 1 atom stereocenters. The number of alkyl halides is 3. The van der Waals surface area contributed by atoms with Crippen molar-refractivity contribution < 1.29 is 32.3 Å². The Morgan fingerprint density at radius 2 is 1.46 bits per heavy atom. The van der Waals surface area contributed by atoms with Crippen LogP contribution in [0.2, 0.25) is 0 Å². The Bertz CT molecular complexity index is 1790. The van der Waals surface area contributed by atoms with Crippen molar-refractivity contribution in [3.63, 3.8) is 0 Å². The van der Waals surface area contributed by atoms with Crippen molar-refractivity contribution in [3.8, 4) is 0 Å². The van der Waals surface area contributed by atoms with Crippen molar-refractivity contribution in [1.29, 1.82) is 0 Å². The highest BCUT2D eigenvalue weighted by atomic mass is 19.4. The van der Waals surface area contributed by atoms with Crippen molar-refractivity contribution in [2.75, 3.05) is 21.3 Å². The van der Waals surface area contributed by atoms with Gasteiger partial charge in [0.25, 0.3) is 11.8 Å². The molecular formula is C32H28F3N7O4. The van der Waals surface area contributed by atoms with E-state index >= 15 is 0 Å². The smallest absolute Gasteiger partial charge is 0.341 e.